The molecular weight excluding hydrogens is 310 g/mol. The highest BCUT2D eigenvalue weighted by atomic mass is 16.6. The number of fused-ring (bicyclic) bond motifs is 1. The van der Waals surface area contributed by atoms with Crippen LogP contribution in [0, 0.1) is 26.9 Å². The van der Waals surface area contributed by atoms with Crippen LogP contribution in [0.2, 0.25) is 0 Å². The van der Waals surface area contributed by atoms with Crippen LogP contribution in [0.5, 0.6) is 0 Å². The number of allylic oxidation sites excluding steroid dienone is 1. The number of aliphatic hydroxyl groups is 1. The average Bonchev–Trinajstić information content (AvgIpc) is 2.53. The molecule has 0 saturated heterocycles. The predicted molar refractivity (Wildman–Crippen MR) is 88.0 cm³/mol. The molecule has 24 heavy (non-hydrogen) atoms. The molecule has 0 fully saturated rings. The summed E-state index contributed by atoms with van der Waals surface area (Å²) >= 11 is 0. The van der Waals surface area contributed by atoms with Crippen molar-refractivity contribution >= 4 is 28.1 Å². The second-order valence-corrected chi connectivity index (χ2v) is 6.25. The minimum absolute atomic E-state index is 0.0607. The van der Waals surface area contributed by atoms with Gasteiger partial charge in [0, 0.05) is 22.9 Å². The molecular formula is C17H15N3O4. The summed E-state index contributed by atoms with van der Waals surface area (Å²) in [6, 6.07) is 8.78. The first-order valence-electron chi connectivity index (χ1n) is 7.09. The van der Waals surface area contributed by atoms with Crippen molar-refractivity contribution in [2.45, 2.75) is 20.8 Å². The van der Waals surface area contributed by atoms with Gasteiger partial charge >= 0.3 is 0 Å². The van der Waals surface area contributed by atoms with Crippen LogP contribution in [0.25, 0.3) is 16.7 Å². The van der Waals surface area contributed by atoms with E-state index >= 15 is 0 Å². The first-order chi connectivity index (χ1) is 11.1. The van der Waals surface area contributed by atoms with Gasteiger partial charge in [-0.2, -0.15) is 5.26 Å². The quantitative estimate of drug-likeness (QED) is 0.303. The summed E-state index contributed by atoms with van der Waals surface area (Å²) < 4.78 is 0. The number of hydrogen-bond acceptors (Lipinski definition) is 6. The zero-order chi connectivity index (χ0) is 18.1. The summed E-state index contributed by atoms with van der Waals surface area (Å²) in [6.07, 6.45) is 0. The number of hydrogen-bond donors (Lipinski definition) is 1. The van der Waals surface area contributed by atoms with Crippen molar-refractivity contribution in [2.24, 2.45) is 5.41 Å². The lowest BCUT2D eigenvalue weighted by molar-refractivity contribution is -0.384. The van der Waals surface area contributed by atoms with Crippen molar-refractivity contribution in [1.29, 1.82) is 5.26 Å². The zero-order valence-corrected chi connectivity index (χ0v) is 13.4. The highest BCUT2D eigenvalue weighted by Crippen LogP contribution is 2.26. The molecule has 0 aliphatic carbocycles. The number of nitriles is 1. The molecule has 2 aromatic rings. The second kappa shape index (κ2) is 6.08. The molecule has 0 saturated carbocycles. The highest BCUT2D eigenvalue weighted by Gasteiger charge is 2.28. The number of aliphatic hydroxyl groups excluding tert-OH is 1. The van der Waals surface area contributed by atoms with Gasteiger partial charge in [-0.05, 0) is 12.1 Å². The van der Waals surface area contributed by atoms with E-state index in [-0.39, 0.29) is 17.0 Å². The third kappa shape index (κ3) is 3.22. The maximum absolute atomic E-state index is 12.3. The molecule has 0 bridgehead atoms. The van der Waals surface area contributed by atoms with E-state index in [0.717, 1.165) is 0 Å². The molecule has 1 aromatic heterocycles. The van der Waals surface area contributed by atoms with Crippen molar-refractivity contribution in [3.63, 3.8) is 0 Å². The zero-order valence-electron chi connectivity index (χ0n) is 13.4. The van der Waals surface area contributed by atoms with Gasteiger partial charge in [-0.1, -0.05) is 26.8 Å². The molecule has 0 aliphatic rings. The third-order valence-corrected chi connectivity index (χ3v) is 3.38. The van der Waals surface area contributed by atoms with E-state index in [9.17, 15) is 25.3 Å². The average molecular weight is 325 g/mol. The number of aromatic nitrogens is 1. The first kappa shape index (κ1) is 17.1. The molecule has 2 rings (SSSR count). The van der Waals surface area contributed by atoms with E-state index in [1.54, 1.807) is 26.8 Å². The lowest BCUT2D eigenvalue weighted by Gasteiger charge is -2.16. The molecule has 7 heteroatoms. The fourth-order valence-electron chi connectivity index (χ4n) is 2.07. The highest BCUT2D eigenvalue weighted by molar-refractivity contribution is 6.07. The minimum atomic E-state index is -0.823. The SMILES string of the molecule is CC(C)(C)C(=O)/C(C#N)=C(\O)c1ccc2cc([N+](=O)[O-])ccc2n1. The van der Waals surface area contributed by atoms with Crippen molar-refractivity contribution < 1.29 is 14.8 Å². The van der Waals surface area contributed by atoms with Crippen molar-refractivity contribution in [3.05, 3.63) is 51.7 Å². The van der Waals surface area contributed by atoms with Gasteiger partial charge in [-0.3, -0.25) is 14.9 Å². The van der Waals surface area contributed by atoms with Gasteiger partial charge < -0.3 is 5.11 Å². The Bertz CT molecular complexity index is 918. The number of Topliss-reactive ketones (excluding diaryl/α,β-unsaturated/α-hetero) is 1. The van der Waals surface area contributed by atoms with E-state index in [1.165, 1.54) is 30.3 Å². The Morgan fingerprint density at radius 2 is 1.96 bits per heavy atom. The lowest BCUT2D eigenvalue weighted by Crippen LogP contribution is -2.22. The van der Waals surface area contributed by atoms with Gasteiger partial charge in [0.2, 0.25) is 0 Å². The Morgan fingerprint density at radius 3 is 2.50 bits per heavy atom. The van der Waals surface area contributed by atoms with E-state index < -0.39 is 21.9 Å². The lowest BCUT2D eigenvalue weighted by atomic mass is 9.86. The molecule has 0 unspecified atom stereocenters. The third-order valence-electron chi connectivity index (χ3n) is 3.38. The minimum Gasteiger partial charge on any atom is -0.504 e. The van der Waals surface area contributed by atoms with E-state index in [1.807, 2.05) is 0 Å². The number of pyridine rings is 1. The summed E-state index contributed by atoms with van der Waals surface area (Å²) in [5.74, 6) is -0.995. The van der Waals surface area contributed by atoms with Crippen LogP contribution in [-0.4, -0.2) is 20.8 Å². The predicted octanol–water partition coefficient (Wildman–Crippen LogP) is 3.55. The maximum Gasteiger partial charge on any atom is 0.270 e. The number of carbonyl (C=O) groups excluding carboxylic acids is 1. The number of nitro benzene ring substituents is 1. The summed E-state index contributed by atoms with van der Waals surface area (Å²) in [7, 11) is 0. The number of ketones is 1. The number of non-ortho nitro benzene ring substituents is 1. The van der Waals surface area contributed by atoms with Crippen LogP contribution < -0.4 is 0 Å². The Kier molecular flexibility index (Phi) is 4.33. The molecule has 0 amide bonds. The monoisotopic (exact) mass is 325 g/mol. The smallest absolute Gasteiger partial charge is 0.270 e. The van der Waals surface area contributed by atoms with Gasteiger partial charge in [0.25, 0.3) is 5.69 Å². The van der Waals surface area contributed by atoms with Crippen LogP contribution in [0.15, 0.2) is 35.9 Å². The number of carbonyl (C=O) groups is 1. The van der Waals surface area contributed by atoms with Gasteiger partial charge in [0.1, 0.15) is 17.3 Å². The molecule has 0 spiro atoms. The number of nitrogens with zero attached hydrogens (tertiary/aromatic N) is 3. The van der Waals surface area contributed by atoms with E-state index in [4.69, 9.17) is 0 Å². The first-order valence-corrected chi connectivity index (χ1v) is 7.09. The fourth-order valence-corrected chi connectivity index (χ4v) is 2.07. The molecule has 0 radical (unpaired) electrons. The van der Waals surface area contributed by atoms with E-state index in [0.29, 0.717) is 10.9 Å². The van der Waals surface area contributed by atoms with Gasteiger partial charge in [-0.15, -0.1) is 0 Å². The normalized spacial score (nSPS) is 12.4. The van der Waals surface area contributed by atoms with Crippen LogP contribution in [0.3, 0.4) is 0 Å². The largest absolute Gasteiger partial charge is 0.504 e. The maximum atomic E-state index is 12.3. The van der Waals surface area contributed by atoms with Crippen LogP contribution in [-0.2, 0) is 4.79 Å². The Hall–Kier alpha value is -3.27. The van der Waals surface area contributed by atoms with E-state index in [2.05, 4.69) is 4.98 Å². The molecule has 7 nitrogen and oxygen atoms in total. The van der Waals surface area contributed by atoms with Crippen molar-refractivity contribution in [3.8, 4) is 6.07 Å². The number of nitro groups is 1. The van der Waals surface area contributed by atoms with Gasteiger partial charge in [0.15, 0.2) is 11.5 Å². The summed E-state index contributed by atoms with van der Waals surface area (Å²) in [6.45, 7) is 4.94. The van der Waals surface area contributed by atoms with Gasteiger partial charge in [-0.25, -0.2) is 4.98 Å². The number of benzene rings is 1. The molecule has 122 valence electrons. The molecule has 0 atom stereocenters. The van der Waals surface area contributed by atoms with Crippen molar-refractivity contribution in [2.75, 3.05) is 0 Å². The summed E-state index contributed by atoms with van der Waals surface area (Å²) in [5.41, 5.74) is -0.791. The molecule has 0 aliphatic heterocycles. The molecule has 1 aromatic carbocycles. The Morgan fingerprint density at radius 1 is 1.29 bits per heavy atom. The van der Waals surface area contributed by atoms with Crippen LogP contribution in [0.1, 0.15) is 26.5 Å². The summed E-state index contributed by atoms with van der Waals surface area (Å²) in [4.78, 5) is 26.7. The van der Waals surface area contributed by atoms with Crippen LogP contribution in [0.4, 0.5) is 5.69 Å². The standard InChI is InChI=1S/C17H15N3O4/c1-17(2,3)16(22)12(9-18)15(21)14-6-4-10-8-11(20(23)24)5-7-13(10)19-14/h4-8,21H,1-3H3/b15-12-. The topological polar surface area (TPSA) is 117 Å². The Balaban J connectivity index is 2.57. The van der Waals surface area contributed by atoms with Crippen LogP contribution >= 0.6 is 0 Å². The summed E-state index contributed by atoms with van der Waals surface area (Å²) in [5, 5.41) is 30.8. The number of rotatable bonds is 3. The van der Waals surface area contributed by atoms with Gasteiger partial charge in [0.05, 0.1) is 10.4 Å². The van der Waals surface area contributed by atoms with Crippen molar-refractivity contribution in [1.82, 2.24) is 4.98 Å². The molecule has 1 N–H and O–H groups in total. The fraction of sp³-hybridized carbons (Fsp3) is 0.235. The second-order valence-electron chi connectivity index (χ2n) is 6.25. The Labute approximate surface area is 138 Å². The molecule has 1 heterocycles.